The third kappa shape index (κ3) is 3.54. The molecule has 0 radical (unpaired) electrons. The summed E-state index contributed by atoms with van der Waals surface area (Å²) in [6, 6.07) is 0. The minimum absolute atomic E-state index is 0.0565. The Morgan fingerprint density at radius 3 is 2.33 bits per heavy atom. The molecule has 0 aliphatic rings. The topological polar surface area (TPSA) is 26.3 Å². The van der Waals surface area contributed by atoms with Crippen LogP contribution >= 0.6 is 0 Å². The van der Waals surface area contributed by atoms with E-state index in [2.05, 4.69) is 0 Å². The largest absolute Gasteiger partial charge is 0.328 e. The van der Waals surface area contributed by atoms with E-state index in [0.29, 0.717) is 6.61 Å². The van der Waals surface area contributed by atoms with Gasteiger partial charge in [-0.1, -0.05) is 0 Å². The van der Waals surface area contributed by atoms with E-state index in [1.807, 2.05) is 19.4 Å². The van der Waals surface area contributed by atoms with Gasteiger partial charge in [-0.25, -0.2) is 0 Å². The highest BCUT2D eigenvalue weighted by atomic mass is 32.2. The van der Waals surface area contributed by atoms with Gasteiger partial charge in [-0.2, -0.15) is 0 Å². The first-order valence-electron chi connectivity index (χ1n) is 2.85. The number of ether oxygens (including phenoxy) is 1. The molecule has 0 saturated carbocycles. The van der Waals surface area contributed by atoms with E-state index in [-0.39, 0.29) is 16.3 Å². The molecule has 0 aromatic rings. The molecule has 9 heavy (non-hydrogen) atoms. The average Bonchev–Trinajstić information content (AvgIpc) is 1.82. The average molecular weight is 149 g/mol. The predicted octanol–water partition coefficient (Wildman–Crippen LogP) is 0.426. The first-order chi connectivity index (χ1) is 4.22. The second kappa shape index (κ2) is 4.82. The standard InChI is InChI=1S/C6H13O2S/c1-4-8-6(5-7)9(2)3/h5-6H,4H2,1-3H3/q+1. The zero-order chi connectivity index (χ0) is 7.28. The van der Waals surface area contributed by atoms with Crippen LogP contribution in [0.2, 0.25) is 0 Å². The molecule has 0 fully saturated rings. The van der Waals surface area contributed by atoms with Crippen LogP contribution in [0.15, 0.2) is 0 Å². The minimum Gasteiger partial charge on any atom is -0.328 e. The number of carbonyl (C=O) groups excluding carboxylic acids is 1. The Labute approximate surface area is 58.9 Å². The Bertz CT molecular complexity index is 83.1. The molecule has 0 aromatic heterocycles. The molecule has 2 nitrogen and oxygen atoms in total. The molecule has 0 N–H and O–H groups in total. The quantitative estimate of drug-likeness (QED) is 0.428. The number of carbonyl (C=O) groups is 1. The highest BCUT2D eigenvalue weighted by molar-refractivity contribution is 7.96. The Balaban J connectivity index is 3.54. The summed E-state index contributed by atoms with van der Waals surface area (Å²) in [5.41, 5.74) is -0.185. The van der Waals surface area contributed by atoms with Crippen molar-refractivity contribution in [2.75, 3.05) is 19.1 Å². The van der Waals surface area contributed by atoms with Crippen LogP contribution in [0.5, 0.6) is 0 Å². The van der Waals surface area contributed by atoms with Crippen molar-refractivity contribution in [3.63, 3.8) is 0 Å². The Hall–Kier alpha value is -0.0200. The lowest BCUT2D eigenvalue weighted by atomic mass is 10.8. The van der Waals surface area contributed by atoms with Crippen LogP contribution in [0.25, 0.3) is 0 Å². The van der Waals surface area contributed by atoms with E-state index < -0.39 is 0 Å². The SMILES string of the molecule is CCOC(C=O)[S+](C)C. The summed E-state index contributed by atoms with van der Waals surface area (Å²) in [4.78, 5) is 10.2. The molecular formula is C6H13O2S+. The van der Waals surface area contributed by atoms with Gasteiger partial charge in [-0.05, 0) is 6.92 Å². The Morgan fingerprint density at radius 2 is 2.22 bits per heavy atom. The molecule has 0 aromatic carbocycles. The maximum atomic E-state index is 10.2. The molecule has 1 atom stereocenters. The van der Waals surface area contributed by atoms with E-state index in [0.717, 1.165) is 6.29 Å². The number of rotatable bonds is 4. The molecule has 0 spiro atoms. The predicted molar refractivity (Wildman–Crippen MR) is 40.7 cm³/mol. The van der Waals surface area contributed by atoms with Crippen molar-refractivity contribution in [3.05, 3.63) is 0 Å². The number of hydrogen-bond acceptors (Lipinski definition) is 2. The molecule has 54 valence electrons. The van der Waals surface area contributed by atoms with Crippen LogP contribution in [0, 0.1) is 0 Å². The molecule has 3 heteroatoms. The van der Waals surface area contributed by atoms with Crippen LogP contribution < -0.4 is 0 Å². The van der Waals surface area contributed by atoms with Crippen molar-refractivity contribution < 1.29 is 9.53 Å². The van der Waals surface area contributed by atoms with Gasteiger partial charge in [0.25, 0.3) is 5.44 Å². The maximum Gasteiger partial charge on any atom is 0.274 e. The van der Waals surface area contributed by atoms with E-state index in [9.17, 15) is 4.79 Å². The highest BCUT2D eigenvalue weighted by Crippen LogP contribution is 1.97. The van der Waals surface area contributed by atoms with Gasteiger partial charge in [0.05, 0.1) is 0 Å². The fraction of sp³-hybridized carbons (Fsp3) is 0.833. The highest BCUT2D eigenvalue weighted by Gasteiger charge is 2.19. The molecule has 0 aliphatic carbocycles. The van der Waals surface area contributed by atoms with Crippen LogP contribution in [-0.4, -0.2) is 30.8 Å². The molecule has 0 amide bonds. The minimum atomic E-state index is -0.185. The van der Waals surface area contributed by atoms with Gasteiger partial charge in [-0.15, -0.1) is 0 Å². The van der Waals surface area contributed by atoms with Gasteiger partial charge in [0.15, 0.2) is 6.29 Å². The summed E-state index contributed by atoms with van der Waals surface area (Å²) in [6.07, 6.45) is 4.86. The number of aldehydes is 1. The first-order valence-corrected chi connectivity index (χ1v) is 4.96. The van der Waals surface area contributed by atoms with Gasteiger partial charge in [0.2, 0.25) is 0 Å². The van der Waals surface area contributed by atoms with Crippen molar-refractivity contribution >= 4 is 17.2 Å². The first kappa shape index (κ1) is 8.98. The fourth-order valence-electron chi connectivity index (χ4n) is 0.451. The zero-order valence-corrected chi connectivity index (χ0v) is 6.90. The van der Waals surface area contributed by atoms with Gasteiger partial charge in [0.1, 0.15) is 12.5 Å². The molecule has 0 saturated heterocycles. The van der Waals surface area contributed by atoms with Crippen molar-refractivity contribution in [1.82, 2.24) is 0 Å². The number of hydrogen-bond donors (Lipinski definition) is 0. The summed E-state index contributed by atoms with van der Waals surface area (Å²) < 4.78 is 5.10. The van der Waals surface area contributed by atoms with E-state index in [4.69, 9.17) is 4.74 Å². The lowest BCUT2D eigenvalue weighted by Gasteiger charge is -2.04. The normalized spacial score (nSPS) is 13.8. The van der Waals surface area contributed by atoms with E-state index >= 15 is 0 Å². The molecule has 0 aliphatic heterocycles. The molecule has 1 unspecified atom stereocenters. The lowest BCUT2D eigenvalue weighted by Crippen LogP contribution is -2.23. The zero-order valence-electron chi connectivity index (χ0n) is 6.09. The summed E-state index contributed by atoms with van der Waals surface area (Å²) >= 11 is 0. The molecule has 0 rings (SSSR count). The third-order valence-electron chi connectivity index (χ3n) is 0.907. The van der Waals surface area contributed by atoms with Crippen LogP contribution in [0.4, 0.5) is 0 Å². The van der Waals surface area contributed by atoms with Gasteiger partial charge in [-0.3, -0.25) is 4.79 Å². The molecule has 0 bridgehead atoms. The molecular weight excluding hydrogens is 136 g/mol. The fourth-order valence-corrected chi connectivity index (χ4v) is 1.08. The molecule has 0 heterocycles. The third-order valence-corrected chi connectivity index (χ3v) is 2.08. The Morgan fingerprint density at radius 1 is 1.67 bits per heavy atom. The summed E-state index contributed by atoms with van der Waals surface area (Å²) in [7, 11) is 0.0565. The van der Waals surface area contributed by atoms with E-state index in [1.165, 1.54) is 0 Å². The van der Waals surface area contributed by atoms with Gasteiger partial charge in [0, 0.05) is 17.5 Å². The lowest BCUT2D eigenvalue weighted by molar-refractivity contribution is -0.113. The smallest absolute Gasteiger partial charge is 0.274 e. The van der Waals surface area contributed by atoms with Crippen molar-refractivity contribution in [1.29, 1.82) is 0 Å². The monoisotopic (exact) mass is 149 g/mol. The summed E-state index contributed by atoms with van der Waals surface area (Å²) in [6.45, 7) is 2.51. The van der Waals surface area contributed by atoms with Gasteiger partial charge >= 0.3 is 0 Å². The Kier molecular flexibility index (Phi) is 4.81. The van der Waals surface area contributed by atoms with Crippen LogP contribution in [0.1, 0.15) is 6.92 Å². The summed E-state index contributed by atoms with van der Waals surface area (Å²) in [5.74, 6) is 0. The van der Waals surface area contributed by atoms with E-state index in [1.54, 1.807) is 0 Å². The van der Waals surface area contributed by atoms with Crippen molar-refractivity contribution in [2.45, 2.75) is 12.4 Å². The van der Waals surface area contributed by atoms with Crippen LogP contribution in [-0.2, 0) is 20.4 Å². The maximum absolute atomic E-state index is 10.2. The van der Waals surface area contributed by atoms with Crippen LogP contribution in [0.3, 0.4) is 0 Å². The van der Waals surface area contributed by atoms with Crippen molar-refractivity contribution in [3.8, 4) is 0 Å². The van der Waals surface area contributed by atoms with Crippen molar-refractivity contribution in [2.24, 2.45) is 0 Å². The summed E-state index contributed by atoms with van der Waals surface area (Å²) in [5, 5.41) is 0. The second-order valence-corrected chi connectivity index (χ2v) is 4.06. The second-order valence-electron chi connectivity index (χ2n) is 1.84. The van der Waals surface area contributed by atoms with Gasteiger partial charge < -0.3 is 4.74 Å².